The Kier molecular flexibility index (Phi) is 11.8. The number of hydrogen-bond donors (Lipinski definition) is 3. The molecule has 3 rings (SSSR count). The predicted octanol–water partition coefficient (Wildman–Crippen LogP) is 4.95. The standard InChI is InChI=1S/C29H34F3IN2O5/c1-2-3-4-7-15-35(28(39)19-10-12-21(13-11-19)29(30,31)32)23-17-20(27(38)34-14-16-36)18-25(26(23)37)40-24-9-6-5-8-22(24)33/h5-6,8-13,18,23,25-26,36-37H,2-4,7,14-17H2,1H3,(H,34,38)/t23-,25+,26+/m1/s1. The summed E-state index contributed by atoms with van der Waals surface area (Å²) in [6.07, 6.45) is -1.90. The molecule has 2 aromatic rings. The third kappa shape index (κ3) is 8.43. The Hall–Kier alpha value is -2.64. The van der Waals surface area contributed by atoms with E-state index < -0.39 is 41.8 Å². The maximum Gasteiger partial charge on any atom is 0.416 e. The van der Waals surface area contributed by atoms with Crippen LogP contribution in [0.1, 0.15) is 54.9 Å². The molecule has 7 nitrogen and oxygen atoms in total. The highest BCUT2D eigenvalue weighted by atomic mass is 127. The van der Waals surface area contributed by atoms with Crippen LogP contribution in [0.3, 0.4) is 0 Å². The van der Waals surface area contributed by atoms with Gasteiger partial charge in [0.15, 0.2) is 0 Å². The molecule has 0 aromatic heterocycles. The van der Waals surface area contributed by atoms with Crippen LogP contribution in [0.2, 0.25) is 0 Å². The number of aliphatic hydroxyl groups is 2. The minimum atomic E-state index is -4.54. The Morgan fingerprint density at radius 3 is 2.42 bits per heavy atom. The first-order valence-corrected chi connectivity index (χ1v) is 14.3. The molecule has 0 spiro atoms. The maximum absolute atomic E-state index is 13.7. The van der Waals surface area contributed by atoms with Gasteiger partial charge in [0, 0.05) is 30.6 Å². The molecular formula is C29H34F3IN2O5. The number of unbranched alkanes of at least 4 members (excludes halogenated alkanes) is 3. The molecule has 0 unspecified atom stereocenters. The number of ether oxygens (including phenoxy) is 1. The smallest absolute Gasteiger partial charge is 0.416 e. The normalized spacial score (nSPS) is 19.1. The van der Waals surface area contributed by atoms with Crippen LogP contribution in [0.25, 0.3) is 0 Å². The number of para-hydroxylation sites is 1. The van der Waals surface area contributed by atoms with Crippen molar-refractivity contribution in [3.05, 3.63) is 74.9 Å². The van der Waals surface area contributed by atoms with Gasteiger partial charge < -0.3 is 25.2 Å². The monoisotopic (exact) mass is 674 g/mol. The fraction of sp³-hybridized carbons (Fsp3) is 0.448. The van der Waals surface area contributed by atoms with E-state index in [1.165, 1.54) is 11.0 Å². The van der Waals surface area contributed by atoms with Crippen molar-refractivity contribution in [2.24, 2.45) is 0 Å². The average molecular weight is 674 g/mol. The van der Waals surface area contributed by atoms with Crippen LogP contribution in [0.4, 0.5) is 13.2 Å². The maximum atomic E-state index is 13.7. The third-order valence-corrected chi connectivity index (χ3v) is 7.58. The number of rotatable bonds is 12. The van der Waals surface area contributed by atoms with Crippen molar-refractivity contribution >= 4 is 34.4 Å². The van der Waals surface area contributed by atoms with Crippen molar-refractivity contribution in [1.82, 2.24) is 10.2 Å². The number of carbonyl (C=O) groups is 2. The van der Waals surface area contributed by atoms with E-state index in [0.717, 1.165) is 47.1 Å². The van der Waals surface area contributed by atoms with Crippen LogP contribution in [0.15, 0.2) is 60.2 Å². The molecular weight excluding hydrogens is 640 g/mol. The molecule has 0 saturated heterocycles. The number of carbonyl (C=O) groups excluding carboxylic acids is 2. The molecule has 1 aliphatic carbocycles. The molecule has 40 heavy (non-hydrogen) atoms. The second-order valence-corrected chi connectivity index (χ2v) is 10.7. The number of aliphatic hydroxyl groups excluding tert-OH is 2. The van der Waals surface area contributed by atoms with Gasteiger partial charge in [0.1, 0.15) is 18.0 Å². The zero-order chi connectivity index (χ0) is 29.3. The molecule has 0 fully saturated rings. The van der Waals surface area contributed by atoms with Crippen molar-refractivity contribution in [3.63, 3.8) is 0 Å². The molecule has 2 aromatic carbocycles. The third-order valence-electron chi connectivity index (χ3n) is 6.69. The lowest BCUT2D eigenvalue weighted by Gasteiger charge is -2.40. The van der Waals surface area contributed by atoms with Crippen molar-refractivity contribution < 1.29 is 37.7 Å². The molecule has 0 heterocycles. The lowest BCUT2D eigenvalue weighted by Crippen LogP contribution is -2.55. The number of hydrogen-bond acceptors (Lipinski definition) is 5. The van der Waals surface area contributed by atoms with Gasteiger partial charge in [-0.05, 0) is 71.5 Å². The van der Waals surface area contributed by atoms with E-state index in [9.17, 15) is 27.9 Å². The van der Waals surface area contributed by atoms with E-state index in [2.05, 4.69) is 27.9 Å². The Labute approximate surface area is 245 Å². The van der Waals surface area contributed by atoms with Gasteiger partial charge in [-0.15, -0.1) is 0 Å². The SMILES string of the molecule is CCCCCCN(C(=O)c1ccc(C(F)(F)F)cc1)[C@@H]1CC(C(=O)NCCO)=C[C@H](Oc2ccccc2I)[C@H]1O. The number of benzene rings is 2. The van der Waals surface area contributed by atoms with E-state index in [1.807, 2.05) is 19.1 Å². The number of halogens is 4. The summed E-state index contributed by atoms with van der Waals surface area (Å²) in [5.74, 6) is -0.516. The van der Waals surface area contributed by atoms with Crippen molar-refractivity contribution in [2.75, 3.05) is 19.7 Å². The Morgan fingerprint density at radius 2 is 1.80 bits per heavy atom. The molecule has 3 atom stereocenters. The zero-order valence-electron chi connectivity index (χ0n) is 22.2. The van der Waals surface area contributed by atoms with Crippen LogP contribution < -0.4 is 10.1 Å². The minimum absolute atomic E-state index is 0.00429. The second-order valence-electron chi connectivity index (χ2n) is 9.58. The largest absolute Gasteiger partial charge is 0.482 e. The Balaban J connectivity index is 1.97. The molecule has 0 aliphatic heterocycles. The number of nitrogens with one attached hydrogen (secondary N) is 1. The quantitative estimate of drug-likeness (QED) is 0.219. The summed E-state index contributed by atoms with van der Waals surface area (Å²) in [6, 6.07) is 10.3. The van der Waals surface area contributed by atoms with E-state index in [0.29, 0.717) is 12.2 Å². The van der Waals surface area contributed by atoms with Crippen molar-refractivity contribution in [2.45, 2.75) is 63.5 Å². The van der Waals surface area contributed by atoms with Gasteiger partial charge >= 0.3 is 6.18 Å². The van der Waals surface area contributed by atoms with Gasteiger partial charge in [-0.1, -0.05) is 38.3 Å². The highest BCUT2D eigenvalue weighted by molar-refractivity contribution is 14.1. The highest BCUT2D eigenvalue weighted by Gasteiger charge is 2.41. The predicted molar refractivity (Wildman–Crippen MR) is 153 cm³/mol. The molecule has 2 amide bonds. The summed E-state index contributed by atoms with van der Waals surface area (Å²) in [7, 11) is 0. The topological polar surface area (TPSA) is 99.1 Å². The van der Waals surface area contributed by atoms with Gasteiger partial charge in [0.25, 0.3) is 5.91 Å². The molecule has 3 N–H and O–H groups in total. The first-order chi connectivity index (χ1) is 19.1. The number of alkyl halides is 3. The summed E-state index contributed by atoms with van der Waals surface area (Å²) >= 11 is 2.09. The summed E-state index contributed by atoms with van der Waals surface area (Å²) in [5, 5.41) is 23.3. The van der Waals surface area contributed by atoms with Gasteiger partial charge in [-0.25, -0.2) is 0 Å². The van der Waals surface area contributed by atoms with E-state index in [4.69, 9.17) is 9.84 Å². The number of nitrogens with zero attached hydrogens (tertiary/aromatic N) is 1. The van der Waals surface area contributed by atoms with Crippen LogP contribution in [0, 0.1) is 3.57 Å². The number of amides is 2. The Morgan fingerprint density at radius 1 is 1.10 bits per heavy atom. The fourth-order valence-electron chi connectivity index (χ4n) is 4.56. The first kappa shape index (κ1) is 31.9. The minimum Gasteiger partial charge on any atom is -0.482 e. The lowest BCUT2D eigenvalue weighted by atomic mass is 9.87. The summed E-state index contributed by atoms with van der Waals surface area (Å²) in [6.45, 7) is 2.05. The van der Waals surface area contributed by atoms with Crippen LogP contribution in [0.5, 0.6) is 5.75 Å². The van der Waals surface area contributed by atoms with Crippen molar-refractivity contribution in [3.8, 4) is 5.75 Å². The van der Waals surface area contributed by atoms with Crippen LogP contribution in [-0.2, 0) is 11.0 Å². The van der Waals surface area contributed by atoms with Crippen LogP contribution >= 0.6 is 22.6 Å². The molecule has 218 valence electrons. The lowest BCUT2D eigenvalue weighted by molar-refractivity contribution is -0.137. The summed E-state index contributed by atoms with van der Waals surface area (Å²) in [4.78, 5) is 28.1. The summed E-state index contributed by atoms with van der Waals surface area (Å²) < 4.78 is 46.2. The average Bonchev–Trinajstić information content (AvgIpc) is 2.93. The molecule has 11 heteroatoms. The molecule has 1 aliphatic rings. The molecule has 0 saturated carbocycles. The first-order valence-electron chi connectivity index (χ1n) is 13.2. The second kappa shape index (κ2) is 14.8. The zero-order valence-corrected chi connectivity index (χ0v) is 24.3. The van der Waals surface area contributed by atoms with E-state index in [1.54, 1.807) is 12.1 Å². The van der Waals surface area contributed by atoms with E-state index in [-0.39, 0.29) is 37.3 Å². The summed E-state index contributed by atoms with van der Waals surface area (Å²) in [5.41, 5.74) is -0.544. The molecule has 0 radical (unpaired) electrons. The van der Waals surface area contributed by atoms with Crippen molar-refractivity contribution in [1.29, 1.82) is 0 Å². The van der Waals surface area contributed by atoms with Gasteiger partial charge in [-0.3, -0.25) is 9.59 Å². The fourth-order valence-corrected chi connectivity index (χ4v) is 5.08. The molecule has 0 bridgehead atoms. The van der Waals surface area contributed by atoms with Gasteiger partial charge in [0.2, 0.25) is 5.91 Å². The Bertz CT molecular complexity index is 1170. The van der Waals surface area contributed by atoms with Crippen LogP contribution in [-0.4, -0.2) is 64.9 Å². The van der Waals surface area contributed by atoms with Gasteiger partial charge in [-0.2, -0.15) is 13.2 Å². The van der Waals surface area contributed by atoms with E-state index >= 15 is 0 Å². The highest BCUT2D eigenvalue weighted by Crippen LogP contribution is 2.32. The van der Waals surface area contributed by atoms with Gasteiger partial charge in [0.05, 0.1) is 21.8 Å².